The lowest BCUT2D eigenvalue weighted by atomic mass is 10.2. The highest BCUT2D eigenvalue weighted by Gasteiger charge is 2.14. The minimum absolute atomic E-state index is 0.256. The SMILES string of the molecule is CCCn1c(Cn2ccnc2-c2ccc(F)cc2)nc2ccc(Cl)cc21. The molecule has 0 N–H and O–H groups in total. The zero-order valence-electron chi connectivity index (χ0n) is 14.4. The number of nitrogens with zero attached hydrogens (tertiary/aromatic N) is 4. The van der Waals surface area contributed by atoms with Gasteiger partial charge in [-0.05, 0) is 48.9 Å². The van der Waals surface area contributed by atoms with Crippen LogP contribution in [0.3, 0.4) is 0 Å². The number of imidazole rings is 2. The Morgan fingerprint density at radius 3 is 2.69 bits per heavy atom. The van der Waals surface area contributed by atoms with Gasteiger partial charge in [-0.3, -0.25) is 0 Å². The van der Waals surface area contributed by atoms with Gasteiger partial charge in [-0.1, -0.05) is 18.5 Å². The Labute approximate surface area is 155 Å². The van der Waals surface area contributed by atoms with Crippen molar-refractivity contribution >= 4 is 22.6 Å². The van der Waals surface area contributed by atoms with Gasteiger partial charge in [-0.15, -0.1) is 0 Å². The highest BCUT2D eigenvalue weighted by molar-refractivity contribution is 6.31. The van der Waals surface area contributed by atoms with Crippen molar-refractivity contribution in [1.29, 1.82) is 0 Å². The Hall–Kier alpha value is -2.66. The first kappa shape index (κ1) is 16.8. The summed E-state index contributed by atoms with van der Waals surface area (Å²) in [6.45, 7) is 3.59. The molecule has 0 aliphatic rings. The van der Waals surface area contributed by atoms with Crippen LogP contribution in [0.25, 0.3) is 22.4 Å². The Bertz CT molecular complexity index is 1050. The molecular weight excluding hydrogens is 351 g/mol. The largest absolute Gasteiger partial charge is 0.326 e. The van der Waals surface area contributed by atoms with Gasteiger partial charge in [-0.2, -0.15) is 0 Å². The van der Waals surface area contributed by atoms with E-state index in [9.17, 15) is 4.39 Å². The third kappa shape index (κ3) is 3.10. The van der Waals surface area contributed by atoms with Crippen molar-refractivity contribution in [3.8, 4) is 11.4 Å². The van der Waals surface area contributed by atoms with Crippen molar-refractivity contribution in [3.05, 3.63) is 71.5 Å². The minimum atomic E-state index is -0.256. The van der Waals surface area contributed by atoms with E-state index in [-0.39, 0.29) is 5.82 Å². The number of halogens is 2. The molecule has 132 valence electrons. The van der Waals surface area contributed by atoms with Gasteiger partial charge in [0.15, 0.2) is 0 Å². The molecule has 0 radical (unpaired) electrons. The van der Waals surface area contributed by atoms with Crippen molar-refractivity contribution in [2.45, 2.75) is 26.4 Å². The fraction of sp³-hybridized carbons (Fsp3) is 0.200. The third-order valence-corrected chi connectivity index (χ3v) is 4.60. The molecule has 0 fully saturated rings. The van der Waals surface area contributed by atoms with E-state index in [0.29, 0.717) is 11.6 Å². The highest BCUT2D eigenvalue weighted by Crippen LogP contribution is 2.24. The van der Waals surface area contributed by atoms with Crippen LogP contribution >= 0.6 is 11.6 Å². The molecule has 2 heterocycles. The summed E-state index contributed by atoms with van der Waals surface area (Å²) >= 11 is 6.17. The van der Waals surface area contributed by atoms with Crippen LogP contribution in [0.2, 0.25) is 5.02 Å². The van der Waals surface area contributed by atoms with E-state index in [1.165, 1.54) is 12.1 Å². The van der Waals surface area contributed by atoms with Crippen molar-refractivity contribution in [2.24, 2.45) is 0 Å². The predicted molar refractivity (Wildman–Crippen MR) is 102 cm³/mol. The van der Waals surface area contributed by atoms with E-state index in [1.807, 2.05) is 29.0 Å². The van der Waals surface area contributed by atoms with Crippen LogP contribution in [0.4, 0.5) is 4.39 Å². The van der Waals surface area contributed by atoms with Crippen LogP contribution in [0.15, 0.2) is 54.9 Å². The van der Waals surface area contributed by atoms with Gasteiger partial charge < -0.3 is 9.13 Å². The average Bonchev–Trinajstić information content (AvgIpc) is 3.22. The predicted octanol–water partition coefficient (Wildman–Crippen LogP) is 5.15. The normalized spacial score (nSPS) is 11.3. The van der Waals surface area contributed by atoms with Crippen molar-refractivity contribution in [2.75, 3.05) is 0 Å². The first-order valence-corrected chi connectivity index (χ1v) is 8.95. The molecule has 0 spiro atoms. The highest BCUT2D eigenvalue weighted by atomic mass is 35.5. The maximum atomic E-state index is 13.2. The summed E-state index contributed by atoms with van der Waals surface area (Å²) in [5.41, 5.74) is 2.84. The van der Waals surface area contributed by atoms with Crippen LogP contribution in [0.1, 0.15) is 19.2 Å². The Balaban J connectivity index is 1.75. The topological polar surface area (TPSA) is 35.6 Å². The molecule has 26 heavy (non-hydrogen) atoms. The molecule has 0 atom stereocenters. The summed E-state index contributed by atoms with van der Waals surface area (Å²) in [6, 6.07) is 12.1. The number of aryl methyl sites for hydroxylation is 1. The van der Waals surface area contributed by atoms with Gasteiger partial charge in [0.1, 0.15) is 17.5 Å². The number of hydrogen-bond donors (Lipinski definition) is 0. The van der Waals surface area contributed by atoms with E-state index in [1.54, 1.807) is 18.3 Å². The zero-order valence-corrected chi connectivity index (χ0v) is 15.1. The minimum Gasteiger partial charge on any atom is -0.326 e. The number of rotatable bonds is 5. The summed E-state index contributed by atoms with van der Waals surface area (Å²) in [4.78, 5) is 9.23. The van der Waals surface area contributed by atoms with Crippen LogP contribution in [-0.4, -0.2) is 19.1 Å². The molecule has 0 aliphatic heterocycles. The Morgan fingerprint density at radius 1 is 1.12 bits per heavy atom. The molecular formula is C20H18ClFN4. The average molecular weight is 369 g/mol. The second kappa shape index (κ2) is 6.92. The van der Waals surface area contributed by atoms with Gasteiger partial charge in [0.2, 0.25) is 0 Å². The van der Waals surface area contributed by atoms with Crippen LogP contribution in [0, 0.1) is 5.82 Å². The van der Waals surface area contributed by atoms with Gasteiger partial charge >= 0.3 is 0 Å². The second-order valence-corrected chi connectivity index (χ2v) is 6.63. The van der Waals surface area contributed by atoms with Gasteiger partial charge in [0.05, 0.1) is 17.6 Å². The summed E-state index contributed by atoms with van der Waals surface area (Å²) in [5.74, 6) is 1.48. The summed E-state index contributed by atoms with van der Waals surface area (Å²) in [6.07, 6.45) is 4.67. The summed E-state index contributed by atoms with van der Waals surface area (Å²) in [7, 11) is 0. The number of aromatic nitrogens is 4. The number of hydrogen-bond acceptors (Lipinski definition) is 2. The van der Waals surface area contributed by atoms with Crippen molar-refractivity contribution in [3.63, 3.8) is 0 Å². The molecule has 2 aromatic heterocycles. The molecule has 0 unspecified atom stereocenters. The van der Waals surface area contributed by atoms with Crippen LogP contribution in [0.5, 0.6) is 0 Å². The molecule has 6 heteroatoms. The van der Waals surface area contributed by atoms with E-state index in [0.717, 1.165) is 41.2 Å². The molecule has 0 saturated carbocycles. The molecule has 4 nitrogen and oxygen atoms in total. The lowest BCUT2D eigenvalue weighted by molar-refractivity contribution is 0.625. The van der Waals surface area contributed by atoms with E-state index < -0.39 is 0 Å². The Kier molecular flexibility index (Phi) is 4.47. The van der Waals surface area contributed by atoms with E-state index in [2.05, 4.69) is 16.5 Å². The number of benzene rings is 2. The maximum absolute atomic E-state index is 13.2. The molecule has 4 aromatic rings. The lowest BCUT2D eigenvalue weighted by Gasteiger charge is -2.11. The number of fused-ring (bicyclic) bond motifs is 1. The quantitative estimate of drug-likeness (QED) is 0.488. The first-order valence-electron chi connectivity index (χ1n) is 8.57. The van der Waals surface area contributed by atoms with Gasteiger partial charge in [0, 0.05) is 29.5 Å². The van der Waals surface area contributed by atoms with Crippen LogP contribution < -0.4 is 0 Å². The molecule has 0 bridgehead atoms. The molecule has 0 aliphatic carbocycles. The molecule has 0 saturated heterocycles. The van der Waals surface area contributed by atoms with Crippen molar-refractivity contribution < 1.29 is 4.39 Å². The molecule has 0 amide bonds. The molecule has 2 aromatic carbocycles. The smallest absolute Gasteiger partial charge is 0.140 e. The second-order valence-electron chi connectivity index (χ2n) is 6.20. The lowest BCUT2D eigenvalue weighted by Crippen LogP contribution is -2.09. The maximum Gasteiger partial charge on any atom is 0.140 e. The summed E-state index contributed by atoms with van der Waals surface area (Å²) in [5, 5.41) is 0.705. The summed E-state index contributed by atoms with van der Waals surface area (Å²) < 4.78 is 17.4. The monoisotopic (exact) mass is 368 g/mol. The van der Waals surface area contributed by atoms with Gasteiger partial charge in [0.25, 0.3) is 0 Å². The van der Waals surface area contributed by atoms with E-state index >= 15 is 0 Å². The third-order valence-electron chi connectivity index (χ3n) is 4.37. The van der Waals surface area contributed by atoms with Gasteiger partial charge in [-0.25, -0.2) is 14.4 Å². The fourth-order valence-electron chi connectivity index (χ4n) is 3.19. The van der Waals surface area contributed by atoms with Crippen molar-refractivity contribution in [1.82, 2.24) is 19.1 Å². The fourth-order valence-corrected chi connectivity index (χ4v) is 3.35. The molecule has 4 rings (SSSR count). The van der Waals surface area contributed by atoms with E-state index in [4.69, 9.17) is 16.6 Å². The zero-order chi connectivity index (χ0) is 18.1. The van der Waals surface area contributed by atoms with Crippen LogP contribution in [-0.2, 0) is 13.1 Å². The standard InChI is InChI=1S/C20H18ClFN4/c1-2-10-26-18-12-15(21)5-8-17(18)24-19(26)13-25-11-9-23-20(25)14-3-6-16(22)7-4-14/h3-9,11-12H,2,10,13H2,1H3. The Morgan fingerprint density at radius 2 is 1.92 bits per heavy atom. The first-order chi connectivity index (χ1) is 12.7.